The third kappa shape index (κ3) is 3.26. The van der Waals surface area contributed by atoms with Gasteiger partial charge in [0.25, 0.3) is 0 Å². The van der Waals surface area contributed by atoms with E-state index in [1.165, 1.54) is 4.90 Å². The molecule has 0 saturated heterocycles. The summed E-state index contributed by atoms with van der Waals surface area (Å²) in [5, 5.41) is 7.90. The van der Waals surface area contributed by atoms with Crippen LogP contribution in [0.1, 0.15) is 12.0 Å². The molecule has 1 rings (SSSR count). The molecule has 0 spiro atoms. The quantitative estimate of drug-likeness (QED) is 0.583. The molecule has 0 N–H and O–H groups in total. The maximum Gasteiger partial charge on any atom is 0.320 e. The van der Waals surface area contributed by atoms with Crippen LogP contribution in [0.5, 0.6) is 0 Å². The summed E-state index contributed by atoms with van der Waals surface area (Å²) in [6.07, 6.45) is 0.270. The normalized spacial score (nSPS) is 9.40. The molecule has 4 heteroatoms. The van der Waals surface area contributed by atoms with Gasteiger partial charge in [-0.15, -0.1) is 0 Å². The Morgan fingerprint density at radius 1 is 1.47 bits per heavy atom. The van der Waals surface area contributed by atoms with Gasteiger partial charge >= 0.3 is 5.37 Å². The van der Waals surface area contributed by atoms with Gasteiger partial charge in [0.2, 0.25) is 0 Å². The predicted molar refractivity (Wildman–Crippen MR) is 60.0 cm³/mol. The van der Waals surface area contributed by atoms with Gasteiger partial charge in [0.15, 0.2) is 0 Å². The molecule has 0 aliphatic rings. The van der Waals surface area contributed by atoms with Crippen LogP contribution in [0, 0.1) is 18.3 Å². The number of hydrogen-bond acceptors (Lipinski definition) is 2. The molecule has 15 heavy (non-hydrogen) atoms. The summed E-state index contributed by atoms with van der Waals surface area (Å²) in [6, 6.07) is 9.40. The van der Waals surface area contributed by atoms with E-state index in [4.69, 9.17) is 16.9 Å². The number of nitriles is 1. The number of benzene rings is 1. The fourth-order valence-corrected chi connectivity index (χ4v) is 1.39. The van der Waals surface area contributed by atoms with Gasteiger partial charge in [-0.3, -0.25) is 9.69 Å². The zero-order valence-electron chi connectivity index (χ0n) is 8.40. The summed E-state index contributed by atoms with van der Waals surface area (Å²) >= 11 is 5.43. The lowest BCUT2D eigenvalue weighted by molar-refractivity contribution is 0.264. The molecule has 0 heterocycles. The van der Waals surface area contributed by atoms with E-state index in [0.29, 0.717) is 6.54 Å². The minimum absolute atomic E-state index is 0.270. The molecule has 0 radical (unpaired) electrons. The molecule has 1 aromatic rings. The first-order chi connectivity index (χ1) is 7.15. The second-order valence-electron chi connectivity index (χ2n) is 3.15. The van der Waals surface area contributed by atoms with Gasteiger partial charge in [0.05, 0.1) is 12.5 Å². The zero-order valence-corrected chi connectivity index (χ0v) is 9.16. The van der Waals surface area contributed by atoms with Gasteiger partial charge in [-0.1, -0.05) is 17.7 Å². The van der Waals surface area contributed by atoms with E-state index in [1.807, 2.05) is 37.3 Å². The van der Waals surface area contributed by atoms with E-state index in [1.54, 1.807) is 0 Å². The summed E-state index contributed by atoms with van der Waals surface area (Å²) in [5.74, 6) is 0. The summed E-state index contributed by atoms with van der Waals surface area (Å²) < 4.78 is 0. The number of hydrogen-bond donors (Lipinski definition) is 0. The molecule has 0 unspecified atom stereocenters. The Morgan fingerprint density at radius 2 is 2.07 bits per heavy atom. The molecule has 0 aromatic heterocycles. The smallest absolute Gasteiger partial charge is 0.298 e. The average Bonchev–Trinajstić information content (AvgIpc) is 2.21. The fourth-order valence-electron chi connectivity index (χ4n) is 1.21. The lowest BCUT2D eigenvalue weighted by Gasteiger charge is -2.18. The van der Waals surface area contributed by atoms with Gasteiger partial charge < -0.3 is 0 Å². The molecule has 0 fully saturated rings. The molecule has 0 saturated carbocycles. The number of amides is 1. The fraction of sp³-hybridized carbons (Fsp3) is 0.273. The van der Waals surface area contributed by atoms with Crippen LogP contribution in [0.4, 0.5) is 10.5 Å². The highest BCUT2D eigenvalue weighted by Gasteiger charge is 2.12. The van der Waals surface area contributed by atoms with Gasteiger partial charge in [0.1, 0.15) is 0 Å². The Morgan fingerprint density at radius 3 is 2.53 bits per heavy atom. The Hall–Kier alpha value is -1.53. The van der Waals surface area contributed by atoms with Crippen molar-refractivity contribution in [3.05, 3.63) is 29.8 Å². The number of carbonyl (C=O) groups excluding carboxylic acids is 1. The number of halogens is 1. The molecule has 1 amide bonds. The molecule has 0 atom stereocenters. The largest absolute Gasteiger partial charge is 0.320 e. The van der Waals surface area contributed by atoms with Gasteiger partial charge in [-0.25, -0.2) is 0 Å². The van der Waals surface area contributed by atoms with Crippen LogP contribution in [0.25, 0.3) is 0 Å². The molecule has 0 bridgehead atoms. The standard InChI is InChI=1S/C11H11ClN2O/c1-9-3-5-10(6-4-9)14(11(12)15)8-2-7-13/h3-6H,2,8H2,1H3. The highest BCUT2D eigenvalue weighted by molar-refractivity contribution is 6.66. The summed E-state index contributed by atoms with van der Waals surface area (Å²) in [6.45, 7) is 2.29. The summed E-state index contributed by atoms with van der Waals surface area (Å²) in [4.78, 5) is 12.5. The minimum atomic E-state index is -0.561. The van der Waals surface area contributed by atoms with Crippen LogP contribution >= 0.6 is 11.6 Å². The van der Waals surface area contributed by atoms with Crippen molar-refractivity contribution in [1.29, 1.82) is 5.26 Å². The van der Waals surface area contributed by atoms with Crippen LogP contribution in [0.3, 0.4) is 0 Å². The van der Waals surface area contributed by atoms with Crippen LogP contribution in [-0.4, -0.2) is 11.9 Å². The van der Waals surface area contributed by atoms with Gasteiger partial charge in [-0.2, -0.15) is 5.26 Å². The van der Waals surface area contributed by atoms with Crippen molar-refractivity contribution in [3.63, 3.8) is 0 Å². The van der Waals surface area contributed by atoms with Gasteiger partial charge in [0, 0.05) is 12.2 Å². The van der Waals surface area contributed by atoms with Crippen molar-refractivity contribution < 1.29 is 4.79 Å². The Kier molecular flexibility index (Phi) is 4.14. The topological polar surface area (TPSA) is 44.1 Å². The molecule has 78 valence electrons. The Labute approximate surface area is 93.9 Å². The first kappa shape index (κ1) is 11.5. The number of aryl methyl sites for hydroxylation is 1. The van der Waals surface area contributed by atoms with E-state index in [0.717, 1.165) is 11.3 Å². The Bertz CT molecular complexity index is 381. The SMILES string of the molecule is Cc1ccc(N(CCC#N)C(=O)Cl)cc1. The lowest BCUT2D eigenvalue weighted by Crippen LogP contribution is -2.26. The number of rotatable bonds is 3. The van der Waals surface area contributed by atoms with Crippen LogP contribution in [0.15, 0.2) is 24.3 Å². The van der Waals surface area contributed by atoms with Crippen LogP contribution in [-0.2, 0) is 0 Å². The first-order valence-corrected chi connectivity index (χ1v) is 4.93. The molecule has 0 aliphatic carbocycles. The van der Waals surface area contributed by atoms with Crippen molar-refractivity contribution in [1.82, 2.24) is 0 Å². The maximum absolute atomic E-state index is 11.1. The molecular formula is C11H11ClN2O. The number of anilines is 1. The molecule has 1 aromatic carbocycles. The van der Waals surface area contributed by atoms with E-state index in [-0.39, 0.29) is 6.42 Å². The Balaban J connectivity index is 2.85. The number of nitrogens with zero attached hydrogens (tertiary/aromatic N) is 2. The summed E-state index contributed by atoms with van der Waals surface area (Å²) in [7, 11) is 0. The van der Waals surface area contributed by atoms with Crippen LogP contribution < -0.4 is 4.90 Å². The van der Waals surface area contributed by atoms with Crippen molar-refractivity contribution in [2.45, 2.75) is 13.3 Å². The highest BCUT2D eigenvalue weighted by atomic mass is 35.5. The van der Waals surface area contributed by atoms with E-state index >= 15 is 0 Å². The predicted octanol–water partition coefficient (Wildman–Crippen LogP) is 3.07. The third-order valence-electron chi connectivity index (χ3n) is 2.01. The molecular weight excluding hydrogens is 212 g/mol. The monoisotopic (exact) mass is 222 g/mol. The van der Waals surface area contributed by atoms with Crippen molar-refractivity contribution in [2.75, 3.05) is 11.4 Å². The van der Waals surface area contributed by atoms with Crippen molar-refractivity contribution >= 4 is 22.7 Å². The minimum Gasteiger partial charge on any atom is -0.298 e. The maximum atomic E-state index is 11.1. The second kappa shape index (κ2) is 5.38. The first-order valence-electron chi connectivity index (χ1n) is 4.56. The zero-order chi connectivity index (χ0) is 11.3. The molecule has 3 nitrogen and oxygen atoms in total. The highest BCUT2D eigenvalue weighted by Crippen LogP contribution is 2.17. The van der Waals surface area contributed by atoms with E-state index in [9.17, 15) is 4.79 Å². The van der Waals surface area contributed by atoms with Gasteiger partial charge in [-0.05, 0) is 30.7 Å². The van der Waals surface area contributed by atoms with E-state index < -0.39 is 5.37 Å². The lowest BCUT2D eigenvalue weighted by atomic mass is 10.2. The van der Waals surface area contributed by atoms with Crippen LogP contribution in [0.2, 0.25) is 0 Å². The second-order valence-corrected chi connectivity index (χ2v) is 3.47. The average molecular weight is 223 g/mol. The summed E-state index contributed by atoms with van der Waals surface area (Å²) in [5.41, 5.74) is 1.83. The van der Waals surface area contributed by atoms with Crippen molar-refractivity contribution in [3.8, 4) is 6.07 Å². The van der Waals surface area contributed by atoms with E-state index in [2.05, 4.69) is 0 Å². The third-order valence-corrected chi connectivity index (χ3v) is 2.21. The molecule has 0 aliphatic heterocycles. The van der Waals surface area contributed by atoms with Crippen molar-refractivity contribution in [2.24, 2.45) is 0 Å². The number of carbonyl (C=O) groups is 1.